The summed E-state index contributed by atoms with van der Waals surface area (Å²) in [6.07, 6.45) is 2.42. The quantitative estimate of drug-likeness (QED) is 0.610. The number of amides is 2. The molecule has 1 aromatic carbocycles. The van der Waals surface area contributed by atoms with Gasteiger partial charge in [-0.1, -0.05) is 5.92 Å². The average molecular weight is 344 g/mol. The van der Waals surface area contributed by atoms with Gasteiger partial charge in [-0.05, 0) is 36.4 Å². The van der Waals surface area contributed by atoms with E-state index in [2.05, 4.69) is 26.5 Å². The molecule has 0 aliphatic heterocycles. The van der Waals surface area contributed by atoms with Crippen LogP contribution in [0.3, 0.4) is 0 Å². The molecule has 0 saturated heterocycles. The number of anilines is 2. The van der Waals surface area contributed by atoms with Crippen molar-refractivity contribution in [1.82, 2.24) is 9.97 Å². The van der Waals surface area contributed by atoms with Gasteiger partial charge in [0.1, 0.15) is 11.2 Å². The summed E-state index contributed by atoms with van der Waals surface area (Å²) in [7, 11) is 0. The lowest BCUT2D eigenvalue weighted by Gasteiger charge is -2.09. The number of alkyl halides is 3. The molecule has 8 heteroatoms. The van der Waals surface area contributed by atoms with Crippen LogP contribution in [0.2, 0.25) is 0 Å². The monoisotopic (exact) mass is 344 g/mol. The number of fused-ring (bicyclic) bond motifs is 1. The summed E-state index contributed by atoms with van der Waals surface area (Å²) in [5, 5.41) is 5.03. The molecule has 3 rings (SSSR count). The Morgan fingerprint density at radius 1 is 1.12 bits per heavy atom. The zero-order chi connectivity index (χ0) is 18.0. The summed E-state index contributed by atoms with van der Waals surface area (Å²) >= 11 is 0. The van der Waals surface area contributed by atoms with Crippen molar-refractivity contribution in [3.63, 3.8) is 0 Å². The van der Waals surface area contributed by atoms with Gasteiger partial charge in [0, 0.05) is 11.9 Å². The molecule has 0 radical (unpaired) electrons. The molecule has 5 nitrogen and oxygen atoms in total. The Morgan fingerprint density at radius 3 is 2.48 bits per heavy atom. The van der Waals surface area contributed by atoms with E-state index in [0.29, 0.717) is 22.4 Å². The van der Waals surface area contributed by atoms with Gasteiger partial charge in [0.2, 0.25) is 0 Å². The second-order valence-corrected chi connectivity index (χ2v) is 5.09. The Balaban J connectivity index is 1.74. The lowest BCUT2D eigenvalue weighted by molar-refractivity contribution is -0.137. The van der Waals surface area contributed by atoms with Gasteiger partial charge in [-0.25, -0.2) is 9.78 Å². The van der Waals surface area contributed by atoms with Crippen molar-refractivity contribution in [2.75, 3.05) is 10.6 Å². The van der Waals surface area contributed by atoms with Crippen molar-refractivity contribution in [2.24, 2.45) is 0 Å². The highest BCUT2D eigenvalue weighted by molar-refractivity contribution is 6.04. The van der Waals surface area contributed by atoms with Gasteiger partial charge in [-0.2, -0.15) is 13.2 Å². The van der Waals surface area contributed by atoms with Crippen LogP contribution in [0.25, 0.3) is 11.0 Å². The van der Waals surface area contributed by atoms with Crippen LogP contribution in [-0.4, -0.2) is 16.0 Å². The van der Waals surface area contributed by atoms with Crippen LogP contribution < -0.4 is 10.6 Å². The first-order chi connectivity index (χ1) is 11.9. The van der Waals surface area contributed by atoms with Crippen LogP contribution >= 0.6 is 0 Å². The van der Waals surface area contributed by atoms with Crippen molar-refractivity contribution in [1.29, 1.82) is 0 Å². The molecule has 2 amide bonds. The van der Waals surface area contributed by atoms with Gasteiger partial charge in [-0.3, -0.25) is 0 Å². The fraction of sp³-hybridized carbons (Fsp3) is 0.0588. The number of hydrogen-bond donors (Lipinski definition) is 3. The number of urea groups is 1. The molecule has 0 spiro atoms. The molecule has 0 atom stereocenters. The van der Waals surface area contributed by atoms with Crippen LogP contribution in [0.4, 0.5) is 29.3 Å². The van der Waals surface area contributed by atoms with Gasteiger partial charge in [-0.15, -0.1) is 6.42 Å². The Labute approximate surface area is 140 Å². The van der Waals surface area contributed by atoms with Gasteiger partial charge in [0.15, 0.2) is 0 Å². The summed E-state index contributed by atoms with van der Waals surface area (Å²) in [5.74, 6) is 2.40. The van der Waals surface area contributed by atoms with Gasteiger partial charge in [0.25, 0.3) is 0 Å². The largest absolute Gasteiger partial charge is 0.416 e. The molecule has 0 unspecified atom stereocenters. The number of hydrogen-bond acceptors (Lipinski definition) is 2. The number of pyridine rings is 1. The minimum Gasteiger partial charge on any atom is -0.358 e. The molecule has 0 aliphatic carbocycles. The second-order valence-electron chi connectivity index (χ2n) is 5.09. The third-order valence-corrected chi connectivity index (χ3v) is 3.39. The molecule has 2 aromatic heterocycles. The van der Waals surface area contributed by atoms with Gasteiger partial charge >= 0.3 is 12.2 Å². The van der Waals surface area contributed by atoms with E-state index in [1.807, 2.05) is 0 Å². The molecule has 0 aliphatic rings. The summed E-state index contributed by atoms with van der Waals surface area (Å²) in [6.45, 7) is 0. The zero-order valence-corrected chi connectivity index (χ0v) is 12.6. The molecule has 0 bridgehead atoms. The zero-order valence-electron chi connectivity index (χ0n) is 12.6. The first kappa shape index (κ1) is 16.4. The summed E-state index contributed by atoms with van der Waals surface area (Å²) < 4.78 is 37.6. The topological polar surface area (TPSA) is 69.8 Å². The smallest absolute Gasteiger partial charge is 0.358 e. The van der Waals surface area contributed by atoms with Crippen molar-refractivity contribution >= 4 is 28.4 Å². The summed E-state index contributed by atoms with van der Waals surface area (Å²) in [5.41, 5.74) is 1.42. The number of rotatable bonds is 2. The maximum Gasteiger partial charge on any atom is 0.416 e. The first-order valence-electron chi connectivity index (χ1n) is 7.07. The third kappa shape index (κ3) is 3.55. The predicted octanol–water partition coefficient (Wildman–Crippen LogP) is 4.21. The van der Waals surface area contributed by atoms with Gasteiger partial charge < -0.3 is 15.6 Å². The van der Waals surface area contributed by atoms with E-state index in [1.54, 1.807) is 18.3 Å². The summed E-state index contributed by atoms with van der Waals surface area (Å²) in [6, 6.07) is 6.90. The van der Waals surface area contributed by atoms with Crippen LogP contribution in [0.5, 0.6) is 0 Å². The molecule has 126 valence electrons. The maximum atomic E-state index is 12.5. The van der Waals surface area contributed by atoms with Crippen molar-refractivity contribution in [2.45, 2.75) is 6.18 Å². The number of carbonyl (C=O) groups excluding carboxylic acids is 1. The minimum absolute atomic E-state index is 0.225. The molecule has 25 heavy (non-hydrogen) atoms. The Bertz CT molecular complexity index is 968. The van der Waals surface area contributed by atoms with E-state index < -0.39 is 17.8 Å². The Morgan fingerprint density at radius 2 is 1.84 bits per heavy atom. The first-order valence-corrected chi connectivity index (χ1v) is 7.07. The lowest BCUT2D eigenvalue weighted by Crippen LogP contribution is -2.19. The number of benzene rings is 1. The molecule has 2 heterocycles. The fourth-order valence-electron chi connectivity index (χ4n) is 2.20. The predicted molar refractivity (Wildman–Crippen MR) is 88.1 cm³/mol. The van der Waals surface area contributed by atoms with Crippen molar-refractivity contribution in [3.05, 3.63) is 53.9 Å². The molecule has 0 fully saturated rings. The molecular weight excluding hydrogens is 333 g/mol. The molecule has 3 aromatic rings. The lowest BCUT2D eigenvalue weighted by atomic mass is 10.2. The van der Waals surface area contributed by atoms with Gasteiger partial charge in [0.05, 0.1) is 16.8 Å². The van der Waals surface area contributed by atoms with E-state index in [-0.39, 0.29) is 5.69 Å². The number of nitrogens with one attached hydrogen (secondary N) is 3. The molecule has 3 N–H and O–H groups in total. The number of nitrogens with zero attached hydrogens (tertiary/aromatic N) is 1. The Hall–Kier alpha value is -3.47. The number of aromatic nitrogens is 2. The highest BCUT2D eigenvalue weighted by Crippen LogP contribution is 2.30. The van der Waals surface area contributed by atoms with Crippen LogP contribution in [0.15, 0.2) is 42.6 Å². The minimum atomic E-state index is -4.43. The highest BCUT2D eigenvalue weighted by atomic mass is 19.4. The fourth-order valence-corrected chi connectivity index (χ4v) is 2.20. The van der Waals surface area contributed by atoms with E-state index in [9.17, 15) is 18.0 Å². The summed E-state index contributed by atoms with van der Waals surface area (Å²) in [4.78, 5) is 19.2. The van der Waals surface area contributed by atoms with E-state index in [1.165, 1.54) is 12.1 Å². The van der Waals surface area contributed by atoms with Crippen LogP contribution in [0, 0.1) is 12.3 Å². The Kier molecular flexibility index (Phi) is 4.07. The van der Waals surface area contributed by atoms with E-state index >= 15 is 0 Å². The molecule has 0 saturated carbocycles. The van der Waals surface area contributed by atoms with Crippen LogP contribution in [-0.2, 0) is 6.18 Å². The molecular formula is C17H11F3N4O. The van der Waals surface area contributed by atoms with E-state index in [4.69, 9.17) is 6.42 Å². The standard InChI is InChI=1S/C17H11F3N4O/c1-2-11-7-8-13-15(22-11)14(9-21-13)24-16(25)23-12-5-3-10(4-6-12)17(18,19)20/h1,3-9,21H,(H2,23,24,25). The number of H-pyrrole nitrogens is 1. The maximum absolute atomic E-state index is 12.5. The normalized spacial score (nSPS) is 11.1. The number of aromatic amines is 1. The number of terminal acetylenes is 1. The second kappa shape index (κ2) is 6.20. The highest BCUT2D eigenvalue weighted by Gasteiger charge is 2.29. The third-order valence-electron chi connectivity index (χ3n) is 3.39. The SMILES string of the molecule is C#Cc1ccc2[nH]cc(NC(=O)Nc3ccc(C(F)(F)F)cc3)c2n1. The van der Waals surface area contributed by atoms with Crippen molar-refractivity contribution < 1.29 is 18.0 Å². The number of carbonyl (C=O) groups is 1. The van der Waals surface area contributed by atoms with Crippen molar-refractivity contribution in [3.8, 4) is 12.3 Å². The average Bonchev–Trinajstić information content (AvgIpc) is 2.96. The van der Waals surface area contributed by atoms with Crippen LogP contribution in [0.1, 0.15) is 11.3 Å². The van der Waals surface area contributed by atoms with E-state index in [0.717, 1.165) is 12.1 Å². The number of halogens is 3.